The van der Waals surface area contributed by atoms with Crippen LogP contribution in [0.25, 0.3) is 0 Å². The van der Waals surface area contributed by atoms with Gasteiger partial charge in [-0.2, -0.15) is 0 Å². The lowest BCUT2D eigenvalue weighted by atomic mass is 10.1. The molecule has 0 radical (unpaired) electrons. The van der Waals surface area contributed by atoms with Crippen molar-refractivity contribution in [3.05, 3.63) is 59.7 Å². The number of carbonyl (C=O) groups excluding carboxylic acids is 1. The summed E-state index contributed by atoms with van der Waals surface area (Å²) in [6.45, 7) is 4.74. The van der Waals surface area contributed by atoms with Crippen LogP contribution in [0.1, 0.15) is 30.5 Å². The van der Waals surface area contributed by atoms with Crippen molar-refractivity contribution >= 4 is 11.6 Å². The number of benzene rings is 2. The molecule has 4 heteroatoms. The number of ether oxygens (including phenoxy) is 1. The topological polar surface area (TPSA) is 64.3 Å². The lowest BCUT2D eigenvalue weighted by molar-refractivity contribution is -0.117. The van der Waals surface area contributed by atoms with E-state index in [4.69, 9.17) is 10.5 Å². The second kappa shape index (κ2) is 7.61. The molecule has 4 nitrogen and oxygen atoms in total. The van der Waals surface area contributed by atoms with Crippen LogP contribution in [-0.2, 0) is 4.79 Å². The first kappa shape index (κ1) is 16.0. The summed E-state index contributed by atoms with van der Waals surface area (Å²) in [5.41, 5.74) is 8.64. The van der Waals surface area contributed by atoms with Crippen molar-refractivity contribution in [2.45, 2.75) is 26.3 Å². The fourth-order valence-electron chi connectivity index (χ4n) is 2.00. The van der Waals surface area contributed by atoms with Crippen molar-refractivity contribution in [1.29, 1.82) is 0 Å². The third kappa shape index (κ3) is 4.33. The molecule has 0 aliphatic heterocycles. The Bertz CT molecular complexity index is 606. The molecule has 2 rings (SSSR count). The molecule has 0 saturated carbocycles. The second-order valence-corrected chi connectivity index (χ2v) is 5.25. The van der Waals surface area contributed by atoms with E-state index in [9.17, 15) is 4.79 Å². The molecule has 3 N–H and O–H groups in total. The van der Waals surface area contributed by atoms with Gasteiger partial charge in [-0.3, -0.25) is 4.79 Å². The lowest BCUT2D eigenvalue weighted by Gasteiger charge is -2.13. The first-order valence-corrected chi connectivity index (χ1v) is 7.46. The van der Waals surface area contributed by atoms with E-state index in [-0.39, 0.29) is 5.91 Å². The van der Waals surface area contributed by atoms with Crippen molar-refractivity contribution in [1.82, 2.24) is 0 Å². The van der Waals surface area contributed by atoms with Crippen LogP contribution in [0.4, 0.5) is 5.69 Å². The molecule has 0 aromatic heterocycles. The van der Waals surface area contributed by atoms with E-state index >= 15 is 0 Å². The zero-order valence-electron chi connectivity index (χ0n) is 13.0. The van der Waals surface area contributed by atoms with E-state index in [1.54, 1.807) is 0 Å². The van der Waals surface area contributed by atoms with Crippen LogP contribution in [0.5, 0.6) is 5.75 Å². The molecule has 2 aromatic carbocycles. The van der Waals surface area contributed by atoms with Gasteiger partial charge in [-0.1, -0.05) is 36.8 Å². The predicted molar refractivity (Wildman–Crippen MR) is 89.0 cm³/mol. The number of hydrogen-bond donors (Lipinski definition) is 2. The van der Waals surface area contributed by atoms with E-state index < -0.39 is 6.04 Å². The van der Waals surface area contributed by atoms with Crippen LogP contribution < -0.4 is 15.8 Å². The van der Waals surface area contributed by atoms with Gasteiger partial charge in [-0.15, -0.1) is 0 Å². The summed E-state index contributed by atoms with van der Waals surface area (Å²) in [5.74, 6) is 0.564. The van der Waals surface area contributed by atoms with Gasteiger partial charge in [0.15, 0.2) is 0 Å². The Balaban J connectivity index is 1.97. The summed E-state index contributed by atoms with van der Waals surface area (Å²) in [4.78, 5) is 12.2. The van der Waals surface area contributed by atoms with E-state index in [0.29, 0.717) is 12.3 Å². The maximum Gasteiger partial charge on any atom is 0.245 e. The Morgan fingerprint density at radius 2 is 1.77 bits per heavy atom. The molecule has 0 saturated heterocycles. The highest BCUT2D eigenvalue weighted by Gasteiger charge is 2.15. The predicted octanol–water partition coefficient (Wildman–Crippen LogP) is 3.42. The fraction of sp³-hybridized carbons (Fsp3) is 0.278. The average molecular weight is 298 g/mol. The zero-order chi connectivity index (χ0) is 15.9. The fourth-order valence-corrected chi connectivity index (χ4v) is 2.00. The SMILES string of the molecule is CCCOc1ccc(NC(=O)C(N)c2ccc(C)cc2)cc1. The first-order chi connectivity index (χ1) is 10.6. The van der Waals surface area contributed by atoms with E-state index in [0.717, 1.165) is 23.3 Å². The Kier molecular flexibility index (Phi) is 5.55. The van der Waals surface area contributed by atoms with Gasteiger partial charge < -0.3 is 15.8 Å². The molecule has 0 fully saturated rings. The van der Waals surface area contributed by atoms with Gasteiger partial charge in [0, 0.05) is 5.69 Å². The van der Waals surface area contributed by atoms with Gasteiger partial charge in [0.25, 0.3) is 0 Å². The third-order valence-electron chi connectivity index (χ3n) is 3.31. The van der Waals surface area contributed by atoms with Crippen molar-refractivity contribution in [2.24, 2.45) is 5.73 Å². The molecular weight excluding hydrogens is 276 g/mol. The van der Waals surface area contributed by atoms with Crippen LogP contribution in [0, 0.1) is 6.92 Å². The summed E-state index contributed by atoms with van der Waals surface area (Å²) in [6.07, 6.45) is 0.962. The van der Waals surface area contributed by atoms with Crippen molar-refractivity contribution in [2.75, 3.05) is 11.9 Å². The highest BCUT2D eigenvalue weighted by molar-refractivity contribution is 5.95. The summed E-state index contributed by atoms with van der Waals surface area (Å²) in [7, 11) is 0. The normalized spacial score (nSPS) is 11.8. The summed E-state index contributed by atoms with van der Waals surface area (Å²) in [6, 6.07) is 14.3. The Morgan fingerprint density at radius 3 is 2.36 bits per heavy atom. The van der Waals surface area contributed by atoms with E-state index in [1.165, 1.54) is 0 Å². The van der Waals surface area contributed by atoms with Gasteiger partial charge in [0.2, 0.25) is 5.91 Å². The van der Waals surface area contributed by atoms with Crippen LogP contribution in [0.15, 0.2) is 48.5 Å². The molecule has 0 aliphatic carbocycles. The monoisotopic (exact) mass is 298 g/mol. The van der Waals surface area contributed by atoms with Crippen LogP contribution >= 0.6 is 0 Å². The van der Waals surface area contributed by atoms with Gasteiger partial charge in [-0.05, 0) is 43.2 Å². The highest BCUT2D eigenvalue weighted by atomic mass is 16.5. The highest BCUT2D eigenvalue weighted by Crippen LogP contribution is 2.18. The minimum atomic E-state index is -0.684. The molecule has 0 bridgehead atoms. The molecule has 2 aromatic rings. The minimum Gasteiger partial charge on any atom is -0.494 e. The molecule has 1 amide bonds. The maximum absolute atomic E-state index is 12.2. The minimum absolute atomic E-state index is 0.230. The quantitative estimate of drug-likeness (QED) is 0.859. The summed E-state index contributed by atoms with van der Waals surface area (Å²) in [5, 5.41) is 2.82. The Labute approximate surface area is 131 Å². The number of anilines is 1. The van der Waals surface area contributed by atoms with Gasteiger partial charge in [0.1, 0.15) is 11.8 Å². The number of aryl methyl sites for hydroxylation is 1. The summed E-state index contributed by atoms with van der Waals surface area (Å²) >= 11 is 0. The molecule has 0 aliphatic rings. The zero-order valence-corrected chi connectivity index (χ0v) is 13.0. The molecular formula is C18H22N2O2. The number of hydrogen-bond acceptors (Lipinski definition) is 3. The van der Waals surface area contributed by atoms with Crippen molar-refractivity contribution in [3.8, 4) is 5.75 Å². The lowest BCUT2D eigenvalue weighted by Crippen LogP contribution is -2.27. The number of nitrogens with one attached hydrogen (secondary N) is 1. The van der Waals surface area contributed by atoms with Crippen molar-refractivity contribution < 1.29 is 9.53 Å². The summed E-state index contributed by atoms with van der Waals surface area (Å²) < 4.78 is 5.51. The maximum atomic E-state index is 12.2. The molecule has 1 unspecified atom stereocenters. The van der Waals surface area contributed by atoms with Crippen molar-refractivity contribution in [3.63, 3.8) is 0 Å². The standard InChI is InChI=1S/C18H22N2O2/c1-3-12-22-16-10-8-15(9-11-16)20-18(21)17(19)14-6-4-13(2)5-7-14/h4-11,17H,3,12,19H2,1-2H3,(H,20,21). The van der Waals surface area contributed by atoms with Crippen LogP contribution in [0.3, 0.4) is 0 Å². The Hall–Kier alpha value is -2.33. The van der Waals surface area contributed by atoms with E-state index in [2.05, 4.69) is 12.2 Å². The van der Waals surface area contributed by atoms with Gasteiger partial charge >= 0.3 is 0 Å². The van der Waals surface area contributed by atoms with Gasteiger partial charge in [-0.25, -0.2) is 0 Å². The molecule has 0 heterocycles. The molecule has 1 atom stereocenters. The number of rotatable bonds is 6. The first-order valence-electron chi connectivity index (χ1n) is 7.46. The second-order valence-electron chi connectivity index (χ2n) is 5.25. The number of carbonyl (C=O) groups is 1. The average Bonchev–Trinajstić information content (AvgIpc) is 2.54. The van der Waals surface area contributed by atoms with Gasteiger partial charge in [0.05, 0.1) is 6.61 Å². The molecule has 22 heavy (non-hydrogen) atoms. The Morgan fingerprint density at radius 1 is 1.14 bits per heavy atom. The smallest absolute Gasteiger partial charge is 0.245 e. The largest absolute Gasteiger partial charge is 0.494 e. The molecule has 116 valence electrons. The van der Waals surface area contributed by atoms with Crippen LogP contribution in [0.2, 0.25) is 0 Å². The molecule has 0 spiro atoms. The van der Waals surface area contributed by atoms with E-state index in [1.807, 2.05) is 55.5 Å². The third-order valence-corrected chi connectivity index (χ3v) is 3.31. The number of nitrogens with two attached hydrogens (primary N) is 1. The number of amides is 1. The van der Waals surface area contributed by atoms with Crippen LogP contribution in [-0.4, -0.2) is 12.5 Å².